The van der Waals surface area contributed by atoms with Gasteiger partial charge < -0.3 is 5.32 Å². The largest absolute Gasteiger partial charge is 0.416 e. The molecule has 0 saturated carbocycles. The average Bonchev–Trinajstić information content (AvgIpc) is 2.79. The summed E-state index contributed by atoms with van der Waals surface area (Å²) >= 11 is 3.38. The maximum atomic E-state index is 13.1. The summed E-state index contributed by atoms with van der Waals surface area (Å²) in [6.07, 6.45) is -3.18. The van der Waals surface area contributed by atoms with Crippen molar-refractivity contribution in [1.29, 1.82) is 0 Å². The summed E-state index contributed by atoms with van der Waals surface area (Å²) in [6.45, 7) is 1.81. The first-order valence-electron chi connectivity index (χ1n) is 6.78. The fourth-order valence-corrected chi connectivity index (χ4v) is 2.95. The lowest BCUT2D eigenvalue weighted by molar-refractivity contribution is -0.137. The van der Waals surface area contributed by atoms with Crippen LogP contribution in [0.3, 0.4) is 0 Å². The zero-order valence-electron chi connectivity index (χ0n) is 12.0. The Morgan fingerprint density at radius 2 is 1.83 bits per heavy atom. The third-order valence-corrected chi connectivity index (χ3v) is 4.59. The predicted octanol–water partition coefficient (Wildman–Crippen LogP) is 5.27. The molecule has 23 heavy (non-hydrogen) atoms. The first kappa shape index (κ1) is 15.8. The molecule has 0 bridgehead atoms. The third-order valence-electron chi connectivity index (χ3n) is 3.73. The predicted molar refractivity (Wildman–Crippen MR) is 86.8 cm³/mol. The van der Waals surface area contributed by atoms with Crippen molar-refractivity contribution in [3.63, 3.8) is 0 Å². The van der Waals surface area contributed by atoms with E-state index in [1.807, 2.05) is 6.92 Å². The Balaban J connectivity index is 2.21. The number of carbonyl (C=O) groups excluding carboxylic acids is 1. The van der Waals surface area contributed by atoms with Crippen LogP contribution in [0, 0.1) is 6.92 Å². The minimum atomic E-state index is -4.47. The van der Waals surface area contributed by atoms with Gasteiger partial charge in [0.15, 0.2) is 0 Å². The number of hydrogen-bond acceptors (Lipinski definition) is 1. The van der Waals surface area contributed by atoms with Gasteiger partial charge in [-0.05, 0) is 42.3 Å². The topological polar surface area (TPSA) is 29.1 Å². The van der Waals surface area contributed by atoms with Crippen LogP contribution in [0.15, 0.2) is 40.9 Å². The van der Waals surface area contributed by atoms with Crippen molar-refractivity contribution < 1.29 is 18.0 Å². The van der Waals surface area contributed by atoms with Crippen molar-refractivity contribution in [2.24, 2.45) is 0 Å². The van der Waals surface area contributed by atoms with Gasteiger partial charge in [0, 0.05) is 21.3 Å². The van der Waals surface area contributed by atoms with E-state index in [1.54, 1.807) is 12.1 Å². The van der Waals surface area contributed by atoms with Gasteiger partial charge in [-0.25, -0.2) is 0 Å². The Hall–Kier alpha value is -2.08. The zero-order chi connectivity index (χ0) is 16.8. The summed E-state index contributed by atoms with van der Waals surface area (Å²) in [5.74, 6) is -0.404. The Morgan fingerprint density at radius 1 is 1.13 bits per heavy atom. The van der Waals surface area contributed by atoms with E-state index in [0.717, 1.165) is 16.1 Å². The highest BCUT2D eigenvalue weighted by molar-refractivity contribution is 9.10. The molecule has 0 atom stereocenters. The van der Waals surface area contributed by atoms with Crippen LogP contribution >= 0.6 is 15.9 Å². The highest BCUT2D eigenvalue weighted by Crippen LogP contribution is 2.40. The van der Waals surface area contributed by atoms with Crippen LogP contribution in [0.1, 0.15) is 22.3 Å². The number of anilines is 1. The molecule has 0 unspecified atom stereocenters. The van der Waals surface area contributed by atoms with E-state index in [9.17, 15) is 18.0 Å². The average molecular weight is 382 g/mol. The Labute approximate surface area is 139 Å². The van der Waals surface area contributed by atoms with Crippen LogP contribution in [-0.2, 0) is 11.0 Å². The molecule has 1 amide bonds. The number of amides is 1. The summed E-state index contributed by atoms with van der Waals surface area (Å²) in [4.78, 5) is 12.2. The second-order valence-corrected chi connectivity index (χ2v) is 6.05. The van der Waals surface area contributed by atoms with E-state index in [4.69, 9.17) is 0 Å². The van der Waals surface area contributed by atoms with Gasteiger partial charge in [0.2, 0.25) is 0 Å². The molecule has 0 fully saturated rings. The van der Waals surface area contributed by atoms with Crippen LogP contribution in [0.2, 0.25) is 0 Å². The van der Waals surface area contributed by atoms with Crippen LogP contribution in [0.25, 0.3) is 11.6 Å². The summed E-state index contributed by atoms with van der Waals surface area (Å²) in [5, 5.41) is 2.68. The van der Waals surface area contributed by atoms with Crippen LogP contribution < -0.4 is 5.32 Å². The lowest BCUT2D eigenvalue weighted by atomic mass is 9.97. The maximum Gasteiger partial charge on any atom is 0.416 e. The van der Waals surface area contributed by atoms with Gasteiger partial charge in [-0.1, -0.05) is 34.1 Å². The minimum Gasteiger partial charge on any atom is -0.321 e. The van der Waals surface area contributed by atoms with Crippen molar-refractivity contribution in [1.82, 2.24) is 0 Å². The van der Waals surface area contributed by atoms with Gasteiger partial charge >= 0.3 is 6.18 Å². The van der Waals surface area contributed by atoms with Gasteiger partial charge in [-0.3, -0.25) is 4.79 Å². The minimum absolute atomic E-state index is 0.0302. The molecule has 1 heterocycles. The number of halogens is 4. The SMILES string of the molecule is Cc1c(Br)ccc2c1C(=Cc1ccccc1C(F)(F)F)C(=O)N2. The lowest BCUT2D eigenvalue weighted by Crippen LogP contribution is -2.08. The quantitative estimate of drug-likeness (QED) is 0.669. The molecule has 0 saturated heterocycles. The molecule has 118 valence electrons. The smallest absolute Gasteiger partial charge is 0.321 e. The zero-order valence-corrected chi connectivity index (χ0v) is 13.5. The highest BCUT2D eigenvalue weighted by Gasteiger charge is 2.33. The van der Waals surface area contributed by atoms with Gasteiger partial charge in [-0.15, -0.1) is 0 Å². The maximum absolute atomic E-state index is 13.1. The van der Waals surface area contributed by atoms with E-state index >= 15 is 0 Å². The molecular formula is C17H11BrF3NO. The summed E-state index contributed by atoms with van der Waals surface area (Å²) < 4.78 is 40.2. The van der Waals surface area contributed by atoms with Crippen LogP contribution in [-0.4, -0.2) is 5.91 Å². The molecule has 6 heteroatoms. The van der Waals surface area contributed by atoms with Crippen molar-refractivity contribution >= 4 is 39.2 Å². The summed E-state index contributed by atoms with van der Waals surface area (Å²) in [6, 6.07) is 8.72. The van der Waals surface area contributed by atoms with Gasteiger partial charge in [0.1, 0.15) is 0 Å². The standard InChI is InChI=1S/C17H11BrF3NO/c1-9-13(18)6-7-14-15(9)11(16(23)22-14)8-10-4-2-3-5-12(10)17(19,20)21/h2-8H,1H3,(H,22,23). The van der Waals surface area contributed by atoms with Crippen molar-refractivity contribution in [2.45, 2.75) is 13.1 Å². The lowest BCUT2D eigenvalue weighted by Gasteiger charge is -2.11. The number of benzene rings is 2. The molecule has 3 rings (SSSR count). The monoisotopic (exact) mass is 381 g/mol. The first-order chi connectivity index (χ1) is 10.8. The summed E-state index contributed by atoms with van der Waals surface area (Å²) in [7, 11) is 0. The Bertz CT molecular complexity index is 840. The number of fused-ring (bicyclic) bond motifs is 1. The second kappa shape index (κ2) is 5.53. The fraction of sp³-hybridized carbons (Fsp3) is 0.118. The van der Waals surface area contributed by atoms with E-state index in [0.29, 0.717) is 11.3 Å². The molecule has 0 aromatic heterocycles. The molecule has 2 aromatic carbocycles. The number of nitrogens with one attached hydrogen (secondary N) is 1. The van der Waals surface area contributed by atoms with Gasteiger partial charge in [0.25, 0.3) is 5.91 Å². The summed E-state index contributed by atoms with van der Waals surface area (Å²) in [5.41, 5.74) is 1.47. The van der Waals surface area contributed by atoms with Gasteiger partial charge in [-0.2, -0.15) is 13.2 Å². The highest BCUT2D eigenvalue weighted by atomic mass is 79.9. The molecular weight excluding hydrogens is 371 g/mol. The first-order valence-corrected chi connectivity index (χ1v) is 7.57. The fourth-order valence-electron chi connectivity index (χ4n) is 2.61. The molecule has 0 aliphatic carbocycles. The van der Waals surface area contributed by atoms with Crippen molar-refractivity contribution in [2.75, 3.05) is 5.32 Å². The molecule has 0 spiro atoms. The number of alkyl halides is 3. The number of carbonyl (C=O) groups is 1. The van der Waals surface area contributed by atoms with E-state index in [1.165, 1.54) is 24.3 Å². The number of hydrogen-bond donors (Lipinski definition) is 1. The molecule has 2 nitrogen and oxygen atoms in total. The Morgan fingerprint density at radius 3 is 2.52 bits per heavy atom. The van der Waals surface area contributed by atoms with E-state index in [2.05, 4.69) is 21.2 Å². The van der Waals surface area contributed by atoms with E-state index < -0.39 is 17.6 Å². The molecule has 1 aliphatic heterocycles. The molecule has 2 aromatic rings. The number of rotatable bonds is 1. The van der Waals surface area contributed by atoms with E-state index in [-0.39, 0.29) is 11.1 Å². The molecule has 0 radical (unpaired) electrons. The van der Waals surface area contributed by atoms with Crippen LogP contribution in [0.4, 0.5) is 18.9 Å². The molecule has 1 N–H and O–H groups in total. The Kier molecular flexibility index (Phi) is 3.80. The van der Waals surface area contributed by atoms with Gasteiger partial charge in [0.05, 0.1) is 5.56 Å². The molecule has 1 aliphatic rings. The normalized spacial score (nSPS) is 15.7. The third kappa shape index (κ3) is 2.79. The van der Waals surface area contributed by atoms with Crippen molar-refractivity contribution in [3.8, 4) is 0 Å². The van der Waals surface area contributed by atoms with Crippen LogP contribution in [0.5, 0.6) is 0 Å². The second-order valence-electron chi connectivity index (χ2n) is 5.19. The van der Waals surface area contributed by atoms with Crippen molar-refractivity contribution in [3.05, 3.63) is 63.1 Å².